The molecule has 17 heavy (non-hydrogen) atoms. The van der Waals surface area contributed by atoms with Crippen LogP contribution < -0.4 is 4.74 Å². The third kappa shape index (κ3) is 3.44. The molecule has 0 aliphatic heterocycles. The van der Waals surface area contributed by atoms with E-state index in [4.69, 9.17) is 0 Å². The van der Waals surface area contributed by atoms with Crippen LogP contribution in [0.1, 0.15) is 17.3 Å². The molecule has 0 fully saturated rings. The van der Waals surface area contributed by atoms with E-state index in [1.807, 2.05) is 0 Å². The summed E-state index contributed by atoms with van der Waals surface area (Å²) in [6.45, 7) is 1.08. The van der Waals surface area contributed by atoms with Crippen LogP contribution >= 0.6 is 0 Å². The van der Waals surface area contributed by atoms with E-state index in [0.717, 1.165) is 19.1 Å². The molecule has 92 valence electrons. The van der Waals surface area contributed by atoms with Crippen LogP contribution in [-0.4, -0.2) is 17.1 Å². The van der Waals surface area contributed by atoms with Crippen molar-refractivity contribution in [3.63, 3.8) is 0 Å². The van der Waals surface area contributed by atoms with Crippen LogP contribution in [0.15, 0.2) is 18.2 Å². The number of Topliss-reactive ketones (excluding diaryl/α,β-unsaturated/α-hetero) is 1. The average molecular weight is 249 g/mol. The summed E-state index contributed by atoms with van der Waals surface area (Å²) < 4.78 is 39.1. The highest BCUT2D eigenvalue weighted by molar-refractivity contribution is 5.98. The predicted octanol–water partition coefficient (Wildman–Crippen LogP) is 2.70. The van der Waals surface area contributed by atoms with Gasteiger partial charge >= 0.3 is 6.36 Å². The van der Waals surface area contributed by atoms with Gasteiger partial charge in [0.25, 0.3) is 5.69 Å². The molecule has 0 aromatic heterocycles. The first-order chi connectivity index (χ1) is 7.70. The number of carbonyl (C=O) groups excluding carboxylic acids is 1. The topological polar surface area (TPSA) is 69.4 Å². The molecule has 0 aliphatic carbocycles. The quantitative estimate of drug-likeness (QED) is 0.469. The number of benzene rings is 1. The maximum Gasteiger partial charge on any atom is 0.573 e. The number of ether oxygens (including phenoxy) is 1. The number of alkyl halides is 3. The molecule has 0 unspecified atom stereocenters. The minimum atomic E-state index is -4.94. The third-order valence-electron chi connectivity index (χ3n) is 1.78. The number of nitro benzene ring substituents is 1. The Labute approximate surface area is 93.0 Å². The van der Waals surface area contributed by atoms with Gasteiger partial charge < -0.3 is 4.74 Å². The van der Waals surface area contributed by atoms with Gasteiger partial charge in [-0.15, -0.1) is 13.2 Å². The maximum atomic E-state index is 11.9. The Morgan fingerprint density at radius 1 is 1.41 bits per heavy atom. The summed E-state index contributed by atoms with van der Waals surface area (Å²) in [4.78, 5) is 20.6. The molecule has 0 saturated heterocycles. The minimum Gasteiger partial charge on any atom is -0.406 e. The number of nitrogens with zero attached hydrogens (tertiary/aromatic N) is 1. The van der Waals surface area contributed by atoms with Gasteiger partial charge in [-0.2, -0.15) is 0 Å². The molecule has 1 aromatic rings. The number of hydrogen-bond donors (Lipinski definition) is 0. The number of carbonyl (C=O) groups is 1. The van der Waals surface area contributed by atoms with E-state index >= 15 is 0 Å². The number of halogens is 3. The van der Waals surface area contributed by atoms with Crippen LogP contribution in [0.3, 0.4) is 0 Å². The van der Waals surface area contributed by atoms with E-state index in [-0.39, 0.29) is 5.56 Å². The van der Waals surface area contributed by atoms with Crippen LogP contribution in [0, 0.1) is 10.1 Å². The summed E-state index contributed by atoms with van der Waals surface area (Å²) in [6, 6.07) is 2.32. The molecule has 0 heterocycles. The monoisotopic (exact) mass is 249 g/mol. The Morgan fingerprint density at radius 3 is 2.41 bits per heavy atom. The van der Waals surface area contributed by atoms with Gasteiger partial charge in [-0.05, 0) is 19.1 Å². The second-order valence-corrected chi connectivity index (χ2v) is 3.04. The Hall–Kier alpha value is -2.12. The van der Waals surface area contributed by atoms with Gasteiger partial charge in [0, 0.05) is 0 Å². The highest BCUT2D eigenvalue weighted by atomic mass is 19.4. The minimum absolute atomic E-state index is 0.274. The molecule has 5 nitrogen and oxygen atoms in total. The number of nitro groups is 1. The van der Waals surface area contributed by atoms with Gasteiger partial charge in [0.2, 0.25) is 0 Å². The van der Waals surface area contributed by atoms with Gasteiger partial charge in [0.15, 0.2) is 5.78 Å². The van der Waals surface area contributed by atoms with E-state index in [1.165, 1.54) is 0 Å². The van der Waals surface area contributed by atoms with E-state index < -0.39 is 28.5 Å². The summed E-state index contributed by atoms with van der Waals surface area (Å²) in [6.07, 6.45) is -4.94. The Kier molecular flexibility index (Phi) is 3.35. The van der Waals surface area contributed by atoms with E-state index in [9.17, 15) is 28.1 Å². The third-order valence-corrected chi connectivity index (χ3v) is 1.78. The van der Waals surface area contributed by atoms with Crippen molar-refractivity contribution in [3.05, 3.63) is 33.9 Å². The number of hydrogen-bond acceptors (Lipinski definition) is 4. The van der Waals surface area contributed by atoms with Gasteiger partial charge in [-0.3, -0.25) is 14.9 Å². The SMILES string of the molecule is CC(=O)c1ccc(OC(F)(F)F)cc1[N+](=O)[O-]. The molecule has 1 rings (SSSR count). The fraction of sp³-hybridized carbons (Fsp3) is 0.222. The van der Waals surface area contributed by atoms with Crippen molar-refractivity contribution in [2.24, 2.45) is 0 Å². The van der Waals surface area contributed by atoms with Crippen molar-refractivity contribution in [3.8, 4) is 5.75 Å². The van der Waals surface area contributed by atoms with Crippen molar-refractivity contribution >= 4 is 11.5 Å². The highest BCUT2D eigenvalue weighted by Crippen LogP contribution is 2.29. The van der Waals surface area contributed by atoms with Crippen LogP contribution in [0.4, 0.5) is 18.9 Å². The molecule has 0 atom stereocenters. The summed E-state index contributed by atoms with van der Waals surface area (Å²) in [5.41, 5.74) is -0.997. The van der Waals surface area contributed by atoms with Crippen molar-refractivity contribution in [1.29, 1.82) is 0 Å². The van der Waals surface area contributed by atoms with E-state index in [2.05, 4.69) is 4.74 Å². The molecule has 8 heteroatoms. The molecule has 0 amide bonds. The van der Waals surface area contributed by atoms with Crippen molar-refractivity contribution in [1.82, 2.24) is 0 Å². The van der Waals surface area contributed by atoms with Crippen molar-refractivity contribution in [2.45, 2.75) is 13.3 Å². The Bertz CT molecular complexity index is 470. The van der Waals surface area contributed by atoms with Crippen molar-refractivity contribution in [2.75, 3.05) is 0 Å². The largest absolute Gasteiger partial charge is 0.573 e. The lowest BCUT2D eigenvalue weighted by atomic mass is 10.1. The van der Waals surface area contributed by atoms with Crippen LogP contribution in [0.25, 0.3) is 0 Å². The van der Waals surface area contributed by atoms with Gasteiger partial charge in [-0.25, -0.2) is 0 Å². The molecular weight excluding hydrogens is 243 g/mol. The lowest BCUT2D eigenvalue weighted by Gasteiger charge is -2.09. The molecule has 0 spiro atoms. The molecule has 0 N–H and O–H groups in total. The first-order valence-electron chi connectivity index (χ1n) is 4.26. The summed E-state index contributed by atoms with van der Waals surface area (Å²) in [5.74, 6) is -1.36. The van der Waals surface area contributed by atoms with E-state index in [1.54, 1.807) is 0 Å². The Morgan fingerprint density at radius 2 is 2.00 bits per heavy atom. The zero-order valence-corrected chi connectivity index (χ0v) is 8.45. The molecular formula is C9H6F3NO4. The molecule has 1 aromatic carbocycles. The van der Waals surface area contributed by atoms with E-state index in [0.29, 0.717) is 6.07 Å². The molecule has 0 aliphatic rings. The fourth-order valence-electron chi connectivity index (χ4n) is 1.16. The average Bonchev–Trinajstić information content (AvgIpc) is 2.14. The number of ketones is 1. The van der Waals surface area contributed by atoms with Gasteiger partial charge in [-0.1, -0.05) is 0 Å². The lowest BCUT2D eigenvalue weighted by molar-refractivity contribution is -0.385. The lowest BCUT2D eigenvalue weighted by Crippen LogP contribution is -2.17. The van der Waals surface area contributed by atoms with Crippen LogP contribution in [0.5, 0.6) is 5.75 Å². The summed E-state index contributed by atoms with van der Waals surface area (Å²) in [5, 5.41) is 10.6. The second-order valence-electron chi connectivity index (χ2n) is 3.04. The zero-order valence-electron chi connectivity index (χ0n) is 8.45. The zero-order chi connectivity index (χ0) is 13.2. The normalized spacial score (nSPS) is 11.1. The molecule has 0 bridgehead atoms. The standard InChI is InChI=1S/C9H6F3NO4/c1-5(14)7-3-2-6(17-9(10,11)12)4-8(7)13(15)16/h2-4H,1H3. The van der Waals surface area contributed by atoms with Crippen LogP contribution in [-0.2, 0) is 0 Å². The van der Waals surface area contributed by atoms with Gasteiger partial charge in [0.1, 0.15) is 5.75 Å². The Balaban J connectivity index is 3.19. The first-order valence-corrected chi connectivity index (χ1v) is 4.26. The predicted molar refractivity (Wildman–Crippen MR) is 49.8 cm³/mol. The highest BCUT2D eigenvalue weighted by Gasteiger charge is 2.32. The molecule has 0 saturated carbocycles. The first kappa shape index (κ1) is 12.9. The number of rotatable bonds is 3. The summed E-state index contributed by atoms with van der Waals surface area (Å²) in [7, 11) is 0. The van der Waals surface area contributed by atoms with Crippen LogP contribution in [0.2, 0.25) is 0 Å². The van der Waals surface area contributed by atoms with Crippen molar-refractivity contribution < 1.29 is 27.6 Å². The molecule has 0 radical (unpaired) electrons. The smallest absolute Gasteiger partial charge is 0.406 e. The maximum absolute atomic E-state index is 11.9. The van der Waals surface area contributed by atoms with Gasteiger partial charge in [0.05, 0.1) is 16.6 Å². The summed E-state index contributed by atoms with van der Waals surface area (Å²) >= 11 is 0. The fourth-order valence-corrected chi connectivity index (χ4v) is 1.16. The second kappa shape index (κ2) is 4.40.